The Balaban J connectivity index is 2.02. The molecule has 0 saturated heterocycles. The molecule has 0 saturated carbocycles. The predicted octanol–water partition coefficient (Wildman–Crippen LogP) is 2.40. The number of amides is 1. The molecule has 0 aliphatic heterocycles. The summed E-state index contributed by atoms with van der Waals surface area (Å²) in [6.45, 7) is 2.06. The summed E-state index contributed by atoms with van der Waals surface area (Å²) in [5.41, 5.74) is 1.21. The molecule has 0 fully saturated rings. The number of rotatable bonds is 5. The van der Waals surface area contributed by atoms with Gasteiger partial charge in [-0.1, -0.05) is 0 Å². The van der Waals surface area contributed by atoms with Gasteiger partial charge in [-0.2, -0.15) is 11.8 Å². The van der Waals surface area contributed by atoms with E-state index in [1.165, 1.54) is 10.4 Å². The lowest BCUT2D eigenvalue weighted by Gasteiger charge is -2.26. The van der Waals surface area contributed by atoms with Crippen molar-refractivity contribution in [1.82, 2.24) is 5.32 Å². The number of thioether (sulfide) groups is 1. The van der Waals surface area contributed by atoms with Crippen molar-refractivity contribution in [1.29, 1.82) is 0 Å². The molecule has 3 atom stereocenters. The van der Waals surface area contributed by atoms with Crippen molar-refractivity contribution in [3.63, 3.8) is 0 Å². The summed E-state index contributed by atoms with van der Waals surface area (Å²) in [4.78, 5) is 13.8. The smallest absolute Gasteiger partial charge is 0.227 e. The second-order valence-corrected chi connectivity index (χ2v) is 7.08. The normalized spacial score (nSPS) is 21.5. The molecule has 0 aromatic carbocycles. The third kappa shape index (κ3) is 3.33. The second-order valence-electron chi connectivity index (χ2n) is 5.00. The first kappa shape index (κ1) is 14.9. The molecule has 106 valence electrons. The monoisotopic (exact) mass is 299 g/mol. The van der Waals surface area contributed by atoms with Crippen molar-refractivity contribution >= 4 is 29.0 Å². The minimum absolute atomic E-state index is 0.00125. The predicted molar refractivity (Wildman–Crippen MR) is 82.0 cm³/mol. The molecule has 1 aromatic rings. The van der Waals surface area contributed by atoms with Crippen LogP contribution in [-0.4, -0.2) is 35.2 Å². The van der Waals surface area contributed by atoms with Gasteiger partial charge < -0.3 is 10.4 Å². The van der Waals surface area contributed by atoms with Gasteiger partial charge in [0.2, 0.25) is 5.91 Å². The van der Waals surface area contributed by atoms with Gasteiger partial charge in [0.05, 0.1) is 12.5 Å². The summed E-state index contributed by atoms with van der Waals surface area (Å²) < 4.78 is 0. The number of hydrogen-bond acceptors (Lipinski definition) is 4. The second kappa shape index (κ2) is 6.77. The summed E-state index contributed by atoms with van der Waals surface area (Å²) >= 11 is 3.35. The lowest BCUT2D eigenvalue weighted by atomic mass is 9.87. The van der Waals surface area contributed by atoms with Crippen LogP contribution >= 0.6 is 23.1 Å². The van der Waals surface area contributed by atoms with E-state index in [1.807, 2.05) is 13.2 Å². The van der Waals surface area contributed by atoms with Crippen LogP contribution in [0.1, 0.15) is 36.1 Å². The molecule has 1 amide bonds. The molecule has 2 rings (SSSR count). The van der Waals surface area contributed by atoms with Crippen LogP contribution in [0, 0.1) is 0 Å². The molecule has 0 spiro atoms. The summed E-state index contributed by atoms with van der Waals surface area (Å²) in [5, 5.41) is 14.5. The molecule has 1 aliphatic rings. The lowest BCUT2D eigenvalue weighted by Crippen LogP contribution is -2.43. The Morgan fingerprint density at radius 1 is 1.68 bits per heavy atom. The van der Waals surface area contributed by atoms with E-state index in [2.05, 4.69) is 16.8 Å². The van der Waals surface area contributed by atoms with Gasteiger partial charge in [0.15, 0.2) is 0 Å². The van der Waals surface area contributed by atoms with Crippen LogP contribution in [0.3, 0.4) is 0 Å². The van der Waals surface area contributed by atoms with E-state index in [0.29, 0.717) is 0 Å². The van der Waals surface area contributed by atoms with Crippen LogP contribution in [0.15, 0.2) is 11.4 Å². The van der Waals surface area contributed by atoms with Crippen molar-refractivity contribution in [3.05, 3.63) is 21.9 Å². The average Bonchev–Trinajstić information content (AvgIpc) is 2.87. The molecule has 1 aliphatic carbocycles. The van der Waals surface area contributed by atoms with Gasteiger partial charge in [0, 0.05) is 16.2 Å². The third-order valence-corrected chi connectivity index (χ3v) is 5.94. The van der Waals surface area contributed by atoms with Crippen molar-refractivity contribution in [3.8, 4) is 0 Å². The van der Waals surface area contributed by atoms with Crippen molar-refractivity contribution in [2.75, 3.05) is 12.9 Å². The molecular weight excluding hydrogens is 278 g/mol. The van der Waals surface area contributed by atoms with Crippen LogP contribution in [0.4, 0.5) is 0 Å². The van der Waals surface area contributed by atoms with E-state index in [1.54, 1.807) is 23.1 Å². The summed E-state index contributed by atoms with van der Waals surface area (Å²) in [7, 11) is 0. The van der Waals surface area contributed by atoms with E-state index < -0.39 is 0 Å². The number of nitrogens with one attached hydrogen (secondary N) is 1. The molecule has 0 bridgehead atoms. The van der Waals surface area contributed by atoms with Crippen LogP contribution in [0.25, 0.3) is 0 Å². The average molecular weight is 299 g/mol. The number of thiophene rings is 1. The highest BCUT2D eigenvalue weighted by molar-refractivity contribution is 7.99. The Morgan fingerprint density at radius 2 is 2.47 bits per heavy atom. The highest BCUT2D eigenvalue weighted by Gasteiger charge is 2.29. The highest BCUT2D eigenvalue weighted by atomic mass is 32.2. The van der Waals surface area contributed by atoms with Crippen molar-refractivity contribution in [2.45, 2.75) is 43.4 Å². The first-order valence-electron chi connectivity index (χ1n) is 6.67. The molecule has 3 nitrogen and oxygen atoms in total. The number of fused-ring (bicyclic) bond motifs is 1. The van der Waals surface area contributed by atoms with Gasteiger partial charge in [0.1, 0.15) is 0 Å². The summed E-state index contributed by atoms with van der Waals surface area (Å²) in [5.74, 6) is 0.109. The van der Waals surface area contributed by atoms with E-state index >= 15 is 0 Å². The minimum Gasteiger partial charge on any atom is -0.395 e. The van der Waals surface area contributed by atoms with E-state index in [4.69, 9.17) is 0 Å². The molecular formula is C14H21NO2S2. The van der Waals surface area contributed by atoms with Crippen LogP contribution in [-0.2, 0) is 11.2 Å². The van der Waals surface area contributed by atoms with Crippen molar-refractivity contribution < 1.29 is 9.90 Å². The summed E-state index contributed by atoms with van der Waals surface area (Å²) in [6, 6.07) is 2.09. The Bertz CT molecular complexity index is 429. The number of carbonyl (C=O) groups excluding carboxylic acids is 1. The Hall–Kier alpha value is -0.520. The fourth-order valence-electron chi connectivity index (χ4n) is 2.61. The SMILES string of the molecule is CSC(CO)C(C)NC(=O)C1CCCc2sccc21. The lowest BCUT2D eigenvalue weighted by molar-refractivity contribution is -0.123. The fraction of sp³-hybridized carbons (Fsp3) is 0.643. The molecule has 3 unspecified atom stereocenters. The topological polar surface area (TPSA) is 49.3 Å². The number of aliphatic hydroxyl groups is 1. The Morgan fingerprint density at radius 3 is 3.16 bits per heavy atom. The Labute approximate surface area is 122 Å². The standard InChI is InChI=1S/C14H21NO2S2/c1-9(13(8-16)18-2)15-14(17)11-4-3-5-12-10(11)6-7-19-12/h6-7,9,11,13,16H,3-5,8H2,1-2H3,(H,15,17). The molecule has 19 heavy (non-hydrogen) atoms. The minimum atomic E-state index is -0.00323. The van der Waals surface area contributed by atoms with Gasteiger partial charge in [-0.05, 0) is 49.5 Å². The molecule has 2 N–H and O–H groups in total. The summed E-state index contributed by atoms with van der Waals surface area (Å²) in [6.07, 6.45) is 5.09. The van der Waals surface area contributed by atoms with Gasteiger partial charge in [0.25, 0.3) is 0 Å². The molecule has 1 aromatic heterocycles. The Kier molecular flexibility index (Phi) is 5.30. The highest BCUT2D eigenvalue weighted by Crippen LogP contribution is 2.35. The fourth-order valence-corrected chi connectivity index (χ4v) is 4.23. The first-order valence-corrected chi connectivity index (χ1v) is 8.84. The van der Waals surface area contributed by atoms with Crippen LogP contribution in [0.2, 0.25) is 0 Å². The molecule has 1 heterocycles. The third-order valence-electron chi connectivity index (χ3n) is 3.78. The quantitative estimate of drug-likeness (QED) is 0.878. The van der Waals surface area contributed by atoms with Crippen LogP contribution < -0.4 is 5.32 Å². The number of hydrogen-bond donors (Lipinski definition) is 2. The van der Waals surface area contributed by atoms with Gasteiger partial charge in [-0.3, -0.25) is 4.79 Å². The number of aliphatic hydroxyl groups excluding tert-OH is 1. The first-order chi connectivity index (χ1) is 9.17. The molecule has 5 heteroatoms. The van der Waals surface area contributed by atoms with Crippen LogP contribution in [0.5, 0.6) is 0 Å². The zero-order valence-corrected chi connectivity index (χ0v) is 13.0. The van der Waals surface area contributed by atoms with E-state index in [-0.39, 0.29) is 29.7 Å². The van der Waals surface area contributed by atoms with Crippen molar-refractivity contribution in [2.24, 2.45) is 0 Å². The zero-order chi connectivity index (χ0) is 13.8. The van der Waals surface area contributed by atoms with E-state index in [0.717, 1.165) is 19.3 Å². The molecule has 0 radical (unpaired) electrons. The maximum Gasteiger partial charge on any atom is 0.227 e. The van der Waals surface area contributed by atoms with Gasteiger partial charge in [-0.25, -0.2) is 0 Å². The maximum atomic E-state index is 12.4. The number of carbonyl (C=O) groups is 1. The largest absolute Gasteiger partial charge is 0.395 e. The van der Waals surface area contributed by atoms with Gasteiger partial charge in [-0.15, -0.1) is 11.3 Å². The number of aryl methyl sites for hydroxylation is 1. The van der Waals surface area contributed by atoms with Gasteiger partial charge >= 0.3 is 0 Å². The zero-order valence-electron chi connectivity index (χ0n) is 11.4. The van der Waals surface area contributed by atoms with E-state index in [9.17, 15) is 9.90 Å². The maximum absolute atomic E-state index is 12.4.